The maximum Gasteiger partial charge on any atom is 0.500 e. The van der Waals surface area contributed by atoms with E-state index in [0.717, 1.165) is 0 Å². The maximum atomic E-state index is 13.3. The lowest BCUT2D eigenvalue weighted by Crippen LogP contribution is -2.44. The monoisotopic (exact) mass is 335 g/mol. The van der Waals surface area contributed by atoms with E-state index < -0.39 is 32.8 Å². The number of amides is 1. The molecule has 0 aliphatic carbocycles. The molecule has 0 radical (unpaired) electrons. The van der Waals surface area contributed by atoms with Crippen LogP contribution in [0.1, 0.15) is 6.42 Å². The van der Waals surface area contributed by atoms with E-state index >= 15 is 0 Å². The van der Waals surface area contributed by atoms with Crippen LogP contribution in [0, 0.1) is 0 Å². The van der Waals surface area contributed by atoms with Crippen LogP contribution >= 0.6 is 0 Å². The highest BCUT2D eigenvalue weighted by Crippen LogP contribution is 2.55. The number of carbonyl (C=O) groups is 1. The Kier molecular flexibility index (Phi) is 5.72. The highest BCUT2D eigenvalue weighted by atomic mass is 28.4. The van der Waals surface area contributed by atoms with Crippen LogP contribution in [0.2, 0.25) is 6.04 Å². The van der Waals surface area contributed by atoms with Crippen molar-refractivity contribution in [3.63, 3.8) is 0 Å². The van der Waals surface area contributed by atoms with Gasteiger partial charge in [0.25, 0.3) is 5.91 Å². The van der Waals surface area contributed by atoms with Gasteiger partial charge in [-0.1, -0.05) is 0 Å². The summed E-state index contributed by atoms with van der Waals surface area (Å²) in [6.45, 7) is -0.0776. The minimum Gasteiger partial charge on any atom is -0.377 e. The zero-order valence-corrected chi connectivity index (χ0v) is 12.8. The Morgan fingerprint density at radius 3 is 2.10 bits per heavy atom. The van der Waals surface area contributed by atoms with E-state index in [0.29, 0.717) is 6.04 Å². The summed E-state index contributed by atoms with van der Waals surface area (Å²) in [5.74, 6) is -5.38. The SMILES string of the molecule is CO[Si](CCCNC(=O)C(F)C1(F)OC1(F)F)(OC)OC. The molecule has 0 bridgehead atoms. The summed E-state index contributed by atoms with van der Waals surface area (Å²) in [5.41, 5.74) is 0. The van der Waals surface area contributed by atoms with Gasteiger partial charge >= 0.3 is 20.8 Å². The Morgan fingerprint density at radius 2 is 1.71 bits per heavy atom. The first kappa shape index (κ1) is 18.3. The average molecular weight is 335 g/mol. The number of halogens is 4. The van der Waals surface area contributed by atoms with Crippen molar-refractivity contribution in [1.29, 1.82) is 0 Å². The number of hydrogen-bond acceptors (Lipinski definition) is 5. The van der Waals surface area contributed by atoms with Gasteiger partial charge in [-0.2, -0.15) is 13.2 Å². The van der Waals surface area contributed by atoms with Crippen molar-refractivity contribution in [2.24, 2.45) is 0 Å². The average Bonchev–Trinajstić information content (AvgIpc) is 2.98. The van der Waals surface area contributed by atoms with E-state index in [2.05, 4.69) is 4.74 Å². The first-order valence-corrected chi connectivity index (χ1v) is 7.95. The van der Waals surface area contributed by atoms with Crippen molar-refractivity contribution < 1.29 is 40.4 Å². The number of alkyl halides is 4. The molecule has 21 heavy (non-hydrogen) atoms. The van der Waals surface area contributed by atoms with Gasteiger partial charge in [0.05, 0.1) is 0 Å². The third-order valence-corrected chi connectivity index (χ3v) is 5.91. The molecule has 2 unspecified atom stereocenters. The van der Waals surface area contributed by atoms with E-state index in [9.17, 15) is 22.4 Å². The fourth-order valence-corrected chi connectivity index (χ4v) is 3.41. The van der Waals surface area contributed by atoms with Gasteiger partial charge in [0.15, 0.2) is 0 Å². The molecule has 0 aromatic heterocycles. The number of ether oxygens (including phenoxy) is 1. The van der Waals surface area contributed by atoms with Crippen LogP contribution in [0.5, 0.6) is 0 Å². The molecule has 1 N–H and O–H groups in total. The first-order valence-electron chi connectivity index (χ1n) is 6.02. The zero-order valence-electron chi connectivity index (χ0n) is 11.8. The van der Waals surface area contributed by atoms with Crippen LogP contribution in [0.25, 0.3) is 0 Å². The standard InChI is InChI=1S/C10H17F4NO5Si/c1-17-21(18-2,19-3)6-4-5-15-8(16)7(11)9(12)10(13,14)20-9/h7H,4-6H2,1-3H3,(H,15,16). The normalized spacial score (nSPS) is 25.5. The van der Waals surface area contributed by atoms with Gasteiger partial charge in [0, 0.05) is 33.9 Å². The van der Waals surface area contributed by atoms with Gasteiger partial charge in [-0.25, -0.2) is 4.39 Å². The molecule has 1 heterocycles. The second-order valence-electron chi connectivity index (χ2n) is 4.32. The van der Waals surface area contributed by atoms with Crippen molar-refractivity contribution in [3.8, 4) is 0 Å². The van der Waals surface area contributed by atoms with E-state index in [-0.39, 0.29) is 13.0 Å². The van der Waals surface area contributed by atoms with E-state index in [1.165, 1.54) is 21.3 Å². The molecule has 11 heteroatoms. The molecule has 1 aliphatic heterocycles. The van der Waals surface area contributed by atoms with Gasteiger partial charge in [0.1, 0.15) is 0 Å². The van der Waals surface area contributed by atoms with Crippen molar-refractivity contribution >= 4 is 14.7 Å². The number of rotatable bonds is 9. The highest BCUT2D eigenvalue weighted by Gasteiger charge is 2.82. The smallest absolute Gasteiger partial charge is 0.377 e. The summed E-state index contributed by atoms with van der Waals surface area (Å²) >= 11 is 0. The summed E-state index contributed by atoms with van der Waals surface area (Å²) in [6, 6.07) is 0.307. The second-order valence-corrected chi connectivity index (χ2v) is 7.41. The van der Waals surface area contributed by atoms with Crippen LogP contribution in [-0.2, 0) is 22.8 Å². The molecule has 0 aromatic rings. The highest BCUT2D eigenvalue weighted by molar-refractivity contribution is 6.60. The van der Waals surface area contributed by atoms with E-state index in [1.54, 1.807) is 0 Å². The van der Waals surface area contributed by atoms with Crippen LogP contribution in [0.15, 0.2) is 0 Å². The second kappa shape index (κ2) is 6.56. The lowest BCUT2D eigenvalue weighted by Gasteiger charge is -2.24. The molecule has 6 nitrogen and oxygen atoms in total. The van der Waals surface area contributed by atoms with Crippen LogP contribution in [0.3, 0.4) is 0 Å². The zero-order chi connectivity index (χ0) is 16.3. The lowest BCUT2D eigenvalue weighted by molar-refractivity contribution is -0.132. The minimum atomic E-state index is -4.27. The fourth-order valence-electron chi connectivity index (χ4n) is 1.69. The predicted octanol–water partition coefficient (Wildman–Crippen LogP) is 0.998. The first-order chi connectivity index (χ1) is 9.68. The topological polar surface area (TPSA) is 69.3 Å². The summed E-state index contributed by atoms with van der Waals surface area (Å²) < 4.78 is 69.8. The molecule has 1 amide bonds. The molecule has 1 fully saturated rings. The number of nitrogens with one attached hydrogen (secondary N) is 1. The van der Waals surface area contributed by atoms with Crippen LogP contribution in [-0.4, -0.2) is 60.7 Å². The van der Waals surface area contributed by atoms with Crippen molar-refractivity contribution in [2.75, 3.05) is 27.9 Å². The molecular formula is C10H17F4NO5Si. The van der Waals surface area contributed by atoms with Crippen LogP contribution in [0.4, 0.5) is 17.6 Å². The van der Waals surface area contributed by atoms with Gasteiger partial charge in [0.2, 0.25) is 6.17 Å². The molecular weight excluding hydrogens is 318 g/mol. The number of hydrogen-bond donors (Lipinski definition) is 1. The van der Waals surface area contributed by atoms with Gasteiger partial charge in [-0.15, -0.1) is 0 Å². The summed E-state index contributed by atoms with van der Waals surface area (Å²) in [7, 11) is 1.37. The molecule has 0 spiro atoms. The van der Waals surface area contributed by atoms with E-state index in [1.807, 2.05) is 5.32 Å². The molecule has 1 rings (SSSR count). The third-order valence-electron chi connectivity index (χ3n) is 3.08. The van der Waals surface area contributed by atoms with E-state index in [4.69, 9.17) is 13.3 Å². The van der Waals surface area contributed by atoms with Gasteiger partial charge in [-0.05, 0) is 6.42 Å². The molecule has 0 aromatic carbocycles. The Bertz CT molecular complexity index is 376. The Labute approximate surface area is 120 Å². The number of carbonyl (C=O) groups excluding carboxylic acids is 1. The van der Waals surface area contributed by atoms with Crippen molar-refractivity contribution in [3.05, 3.63) is 0 Å². The van der Waals surface area contributed by atoms with Gasteiger partial charge < -0.3 is 18.6 Å². The summed E-state index contributed by atoms with van der Waals surface area (Å²) in [5, 5.41) is 2.00. The molecule has 1 saturated heterocycles. The van der Waals surface area contributed by atoms with Crippen molar-refractivity contribution in [1.82, 2.24) is 5.32 Å². The lowest BCUT2D eigenvalue weighted by atomic mass is 10.2. The van der Waals surface area contributed by atoms with Crippen LogP contribution < -0.4 is 5.32 Å². The minimum absolute atomic E-state index is 0.0776. The maximum absolute atomic E-state index is 13.3. The Morgan fingerprint density at radius 1 is 1.24 bits per heavy atom. The fraction of sp³-hybridized carbons (Fsp3) is 0.900. The molecule has 2 atom stereocenters. The molecule has 0 saturated carbocycles. The Balaban J connectivity index is 2.35. The Hall–Kier alpha value is -0.753. The summed E-state index contributed by atoms with van der Waals surface area (Å²) in [4.78, 5) is 11.2. The van der Waals surface area contributed by atoms with Crippen molar-refractivity contribution in [2.45, 2.75) is 30.6 Å². The quantitative estimate of drug-likeness (QED) is 0.295. The third kappa shape index (κ3) is 3.72. The number of epoxide rings is 1. The largest absolute Gasteiger partial charge is 0.500 e. The molecule has 1 aliphatic rings. The predicted molar refractivity (Wildman–Crippen MR) is 64.0 cm³/mol. The summed E-state index contributed by atoms with van der Waals surface area (Å²) in [6.07, 6.45) is -7.09. The molecule has 124 valence electrons. The van der Waals surface area contributed by atoms with Gasteiger partial charge in [-0.3, -0.25) is 9.53 Å².